The number of nitrogens with zero attached hydrogens (tertiary/aromatic N) is 1. The highest BCUT2D eigenvalue weighted by atomic mass is 32.2. The number of ether oxygens (including phenoxy) is 1. The molecule has 0 atom stereocenters. The van der Waals surface area contributed by atoms with E-state index in [1.807, 2.05) is 18.2 Å². The first-order valence-electron chi connectivity index (χ1n) is 9.05. The van der Waals surface area contributed by atoms with Crippen molar-refractivity contribution in [3.63, 3.8) is 0 Å². The largest absolute Gasteiger partial charge is 0.378 e. The fourth-order valence-corrected chi connectivity index (χ4v) is 6.32. The van der Waals surface area contributed by atoms with E-state index in [2.05, 4.69) is 42.2 Å². The zero-order valence-corrected chi connectivity index (χ0v) is 17.6. The summed E-state index contributed by atoms with van der Waals surface area (Å²) in [4.78, 5) is 20.2. The minimum absolute atomic E-state index is 0.0850. The van der Waals surface area contributed by atoms with Gasteiger partial charge in [0.05, 0.1) is 18.2 Å². The minimum atomic E-state index is 0.0850. The van der Waals surface area contributed by atoms with Gasteiger partial charge in [0.25, 0.3) is 0 Å². The third kappa shape index (κ3) is 4.24. The van der Waals surface area contributed by atoms with Gasteiger partial charge in [-0.15, -0.1) is 11.8 Å². The summed E-state index contributed by atoms with van der Waals surface area (Å²) in [6.45, 7) is 5.25. The van der Waals surface area contributed by atoms with Gasteiger partial charge in [0, 0.05) is 44.3 Å². The third-order valence-electron chi connectivity index (χ3n) is 4.40. The second-order valence-electron chi connectivity index (χ2n) is 6.16. The van der Waals surface area contributed by atoms with Crippen molar-refractivity contribution in [3.8, 4) is 0 Å². The standard InChI is InChI=1S/C21H21NO2S3/c1-2-25-20(22-10-12-24-13-11-22)14-16(23)15-6-5-9-19-21(15)27-18-8-4-3-7-17(18)26-19/h3-9,14H,2,10-13H2,1H3. The summed E-state index contributed by atoms with van der Waals surface area (Å²) < 4.78 is 5.46. The normalized spacial score (nSPS) is 16.6. The lowest BCUT2D eigenvalue weighted by Crippen LogP contribution is -2.35. The number of rotatable bonds is 5. The van der Waals surface area contributed by atoms with Crippen molar-refractivity contribution in [3.05, 3.63) is 59.1 Å². The molecule has 0 unspecified atom stereocenters. The highest BCUT2D eigenvalue weighted by Gasteiger charge is 2.23. The predicted molar refractivity (Wildman–Crippen MR) is 114 cm³/mol. The number of allylic oxidation sites excluding steroid dienone is 1. The third-order valence-corrected chi connectivity index (χ3v) is 7.97. The molecule has 0 saturated carbocycles. The Hall–Kier alpha value is -1.34. The molecule has 2 aliphatic rings. The molecule has 0 N–H and O–H groups in total. The SMILES string of the molecule is CCSC(=CC(=O)c1cccc2c1Sc1ccccc1S2)N1CCOCC1. The number of thioether (sulfide) groups is 1. The number of hydrogen-bond donors (Lipinski definition) is 0. The lowest BCUT2D eigenvalue weighted by Gasteiger charge is -2.30. The van der Waals surface area contributed by atoms with E-state index in [1.165, 1.54) is 9.79 Å². The molecule has 0 radical (unpaired) electrons. The fraction of sp³-hybridized carbons (Fsp3) is 0.286. The van der Waals surface area contributed by atoms with Crippen LogP contribution in [-0.2, 0) is 4.74 Å². The molecular formula is C21H21NO2S3. The number of hydrogen-bond acceptors (Lipinski definition) is 6. The zero-order chi connectivity index (χ0) is 18.6. The highest BCUT2D eigenvalue weighted by Crippen LogP contribution is 2.49. The quantitative estimate of drug-likeness (QED) is 0.409. The number of carbonyl (C=O) groups excluding carboxylic acids is 1. The van der Waals surface area contributed by atoms with Gasteiger partial charge in [0.15, 0.2) is 5.78 Å². The first kappa shape index (κ1) is 19.0. The maximum Gasteiger partial charge on any atom is 0.189 e. The van der Waals surface area contributed by atoms with Crippen LogP contribution in [0.3, 0.4) is 0 Å². The summed E-state index contributed by atoms with van der Waals surface area (Å²) in [6.07, 6.45) is 1.82. The van der Waals surface area contributed by atoms with Crippen LogP contribution in [0.15, 0.2) is 73.2 Å². The number of benzene rings is 2. The summed E-state index contributed by atoms with van der Waals surface area (Å²) in [5, 5.41) is 1.05. The van der Waals surface area contributed by atoms with E-state index in [-0.39, 0.29) is 5.78 Å². The van der Waals surface area contributed by atoms with Gasteiger partial charge in [-0.1, -0.05) is 48.6 Å². The molecule has 1 saturated heterocycles. The van der Waals surface area contributed by atoms with Gasteiger partial charge in [-0.25, -0.2) is 0 Å². The van der Waals surface area contributed by atoms with Crippen molar-refractivity contribution >= 4 is 41.1 Å². The van der Waals surface area contributed by atoms with Crippen LogP contribution >= 0.6 is 35.3 Å². The number of ketones is 1. The smallest absolute Gasteiger partial charge is 0.189 e. The summed E-state index contributed by atoms with van der Waals surface area (Å²) in [6, 6.07) is 14.4. The van der Waals surface area contributed by atoms with Crippen LogP contribution in [0, 0.1) is 0 Å². The maximum atomic E-state index is 13.2. The lowest BCUT2D eigenvalue weighted by atomic mass is 10.1. The Kier molecular flexibility index (Phi) is 6.18. The van der Waals surface area contributed by atoms with Crippen LogP contribution in [0.1, 0.15) is 17.3 Å². The van der Waals surface area contributed by atoms with Gasteiger partial charge in [-0.2, -0.15) is 0 Å². The van der Waals surface area contributed by atoms with Gasteiger partial charge in [0.1, 0.15) is 0 Å². The Morgan fingerprint density at radius 2 is 1.78 bits per heavy atom. The Labute approximate surface area is 172 Å². The first-order valence-corrected chi connectivity index (χ1v) is 11.7. The van der Waals surface area contributed by atoms with Crippen molar-refractivity contribution in [2.45, 2.75) is 26.5 Å². The second-order valence-corrected chi connectivity index (χ2v) is 9.58. The number of fused-ring (bicyclic) bond motifs is 2. The van der Waals surface area contributed by atoms with Gasteiger partial charge in [-0.3, -0.25) is 4.79 Å². The first-order chi connectivity index (χ1) is 13.3. The molecule has 3 nitrogen and oxygen atoms in total. The maximum absolute atomic E-state index is 13.2. The monoisotopic (exact) mass is 415 g/mol. The molecular weight excluding hydrogens is 394 g/mol. The topological polar surface area (TPSA) is 29.5 Å². The molecule has 2 aliphatic heterocycles. The average Bonchev–Trinajstić information content (AvgIpc) is 2.72. The molecule has 1 fully saturated rings. The van der Waals surface area contributed by atoms with Gasteiger partial charge in [-0.05, 0) is 30.0 Å². The van der Waals surface area contributed by atoms with E-state index >= 15 is 0 Å². The van der Waals surface area contributed by atoms with Crippen molar-refractivity contribution in [2.75, 3.05) is 32.1 Å². The van der Waals surface area contributed by atoms with Gasteiger partial charge < -0.3 is 9.64 Å². The predicted octanol–water partition coefficient (Wildman–Crippen LogP) is 5.41. The molecule has 2 heterocycles. The van der Waals surface area contributed by atoms with E-state index in [4.69, 9.17) is 4.74 Å². The van der Waals surface area contributed by atoms with Crippen LogP contribution in [0.5, 0.6) is 0 Å². The molecule has 0 amide bonds. The highest BCUT2D eigenvalue weighted by molar-refractivity contribution is 8.05. The molecule has 2 aromatic rings. The molecule has 0 spiro atoms. The number of morpholine rings is 1. The lowest BCUT2D eigenvalue weighted by molar-refractivity contribution is 0.0574. The van der Waals surface area contributed by atoms with E-state index in [0.717, 1.165) is 52.4 Å². The van der Waals surface area contributed by atoms with E-state index in [1.54, 1.807) is 35.3 Å². The van der Waals surface area contributed by atoms with Crippen molar-refractivity contribution in [2.24, 2.45) is 0 Å². The van der Waals surface area contributed by atoms with Gasteiger partial charge in [0.2, 0.25) is 0 Å². The van der Waals surface area contributed by atoms with Crippen LogP contribution < -0.4 is 0 Å². The van der Waals surface area contributed by atoms with Crippen molar-refractivity contribution in [1.29, 1.82) is 0 Å². The van der Waals surface area contributed by atoms with Crippen molar-refractivity contribution in [1.82, 2.24) is 4.90 Å². The Balaban J connectivity index is 1.64. The Morgan fingerprint density at radius 3 is 2.52 bits per heavy atom. The molecule has 27 heavy (non-hydrogen) atoms. The number of carbonyl (C=O) groups is 1. The molecule has 0 bridgehead atoms. The van der Waals surface area contributed by atoms with Gasteiger partial charge >= 0.3 is 0 Å². The molecule has 0 aromatic heterocycles. The molecule has 2 aromatic carbocycles. The van der Waals surface area contributed by atoms with E-state index in [9.17, 15) is 4.79 Å². The van der Waals surface area contributed by atoms with E-state index < -0.39 is 0 Å². The Morgan fingerprint density at radius 1 is 1.07 bits per heavy atom. The zero-order valence-electron chi connectivity index (χ0n) is 15.1. The summed E-state index contributed by atoms with van der Waals surface area (Å²) >= 11 is 5.18. The fourth-order valence-electron chi connectivity index (χ4n) is 3.09. The molecule has 6 heteroatoms. The Bertz CT molecular complexity index is 875. The second kappa shape index (κ2) is 8.78. The average molecular weight is 416 g/mol. The summed E-state index contributed by atoms with van der Waals surface area (Å²) in [5.41, 5.74) is 0.793. The minimum Gasteiger partial charge on any atom is -0.378 e. The molecule has 4 rings (SSSR count). The van der Waals surface area contributed by atoms with Crippen molar-refractivity contribution < 1.29 is 9.53 Å². The van der Waals surface area contributed by atoms with Crippen LogP contribution in [0.2, 0.25) is 0 Å². The van der Waals surface area contributed by atoms with Crippen LogP contribution in [0.4, 0.5) is 0 Å². The summed E-state index contributed by atoms with van der Waals surface area (Å²) in [5.74, 6) is 1.03. The van der Waals surface area contributed by atoms with Crippen LogP contribution in [-0.4, -0.2) is 42.7 Å². The summed E-state index contributed by atoms with van der Waals surface area (Å²) in [7, 11) is 0. The van der Waals surface area contributed by atoms with E-state index in [0.29, 0.717) is 0 Å². The molecule has 140 valence electrons. The van der Waals surface area contributed by atoms with Crippen LogP contribution in [0.25, 0.3) is 0 Å². The molecule has 0 aliphatic carbocycles.